The van der Waals surface area contributed by atoms with Crippen molar-refractivity contribution in [1.82, 2.24) is 19.5 Å². The Morgan fingerprint density at radius 1 is 1.21 bits per heavy atom. The molecule has 0 amide bonds. The third-order valence-electron chi connectivity index (χ3n) is 5.10. The number of rotatable bonds is 5. The van der Waals surface area contributed by atoms with E-state index < -0.39 is 36.4 Å². The first-order valence-electron chi connectivity index (χ1n) is 7.59. The molecule has 10 heteroatoms. The highest BCUT2D eigenvalue weighted by molar-refractivity contribution is 5.81. The highest BCUT2D eigenvalue weighted by atomic mass is 16.4. The van der Waals surface area contributed by atoms with E-state index in [1.165, 1.54) is 12.7 Å². The van der Waals surface area contributed by atoms with E-state index in [9.17, 15) is 25.5 Å². The number of nitrogens with zero attached hydrogens (tertiary/aromatic N) is 4. The minimum atomic E-state index is -1.77. The summed E-state index contributed by atoms with van der Waals surface area (Å²) in [4.78, 5) is 12.1. The van der Waals surface area contributed by atoms with Crippen LogP contribution in [0.3, 0.4) is 0 Å². The molecule has 1 fully saturated rings. The van der Waals surface area contributed by atoms with Gasteiger partial charge in [-0.25, -0.2) is 15.0 Å². The van der Waals surface area contributed by atoms with Crippen molar-refractivity contribution in [2.24, 2.45) is 5.41 Å². The lowest BCUT2D eigenvalue weighted by molar-refractivity contribution is -0.133. The number of fused-ring (bicyclic) bond motifs is 1. The molecule has 2 aromatic heterocycles. The number of aliphatic hydroxyl groups excluding tert-OH is 4. The third-order valence-corrected chi connectivity index (χ3v) is 5.10. The van der Waals surface area contributed by atoms with Gasteiger partial charge in [0.2, 0.25) is 0 Å². The van der Waals surface area contributed by atoms with Crippen LogP contribution in [0.25, 0.3) is 11.2 Å². The highest BCUT2D eigenvalue weighted by Gasteiger charge is 2.61. The molecule has 132 valence electrons. The number of aromatic nitrogens is 4. The van der Waals surface area contributed by atoms with Gasteiger partial charge in [-0.1, -0.05) is 0 Å². The van der Waals surface area contributed by atoms with Crippen LogP contribution in [-0.4, -0.2) is 76.6 Å². The average molecular weight is 339 g/mol. The molecule has 0 bridgehead atoms. The van der Waals surface area contributed by atoms with Crippen molar-refractivity contribution in [2.45, 2.75) is 30.6 Å². The zero-order valence-electron chi connectivity index (χ0n) is 12.9. The summed E-state index contributed by atoms with van der Waals surface area (Å²) in [6.45, 7) is -1.40. The zero-order valence-corrected chi connectivity index (χ0v) is 12.9. The SMILES string of the molecule is Nc1ncnc2c1ncn2[C@@H]1CC(CO)(CO)[C@@H](O)[C@]1(O)CCO. The molecule has 2 heterocycles. The number of imidazole rings is 1. The molecular formula is C14H21N5O5. The Balaban J connectivity index is 2.15. The second kappa shape index (κ2) is 5.90. The molecule has 0 unspecified atom stereocenters. The Kier molecular flexibility index (Phi) is 4.18. The molecule has 1 saturated carbocycles. The summed E-state index contributed by atoms with van der Waals surface area (Å²) in [5.41, 5.74) is 3.41. The molecule has 1 aliphatic rings. The molecule has 2 aromatic rings. The van der Waals surface area contributed by atoms with Gasteiger partial charge < -0.3 is 35.8 Å². The fourth-order valence-electron chi connectivity index (χ4n) is 3.66. The second-order valence-corrected chi connectivity index (χ2v) is 6.35. The Morgan fingerprint density at radius 2 is 1.92 bits per heavy atom. The predicted octanol–water partition coefficient (Wildman–Crippen LogP) is -2.20. The molecule has 0 saturated heterocycles. The van der Waals surface area contributed by atoms with Gasteiger partial charge in [0.1, 0.15) is 17.4 Å². The topological polar surface area (TPSA) is 171 Å². The lowest BCUT2D eigenvalue weighted by Gasteiger charge is -2.36. The minimum absolute atomic E-state index is 0.0764. The Hall–Kier alpha value is -1.85. The van der Waals surface area contributed by atoms with Crippen molar-refractivity contribution in [2.75, 3.05) is 25.6 Å². The van der Waals surface area contributed by atoms with Crippen LogP contribution in [0.1, 0.15) is 18.9 Å². The Bertz CT molecular complexity index is 733. The van der Waals surface area contributed by atoms with Crippen LogP contribution < -0.4 is 5.73 Å². The zero-order chi connectivity index (χ0) is 17.5. The standard InChI is InChI=1S/C14H21N5O5/c15-10-9-11(17-6-16-10)19(7-18-9)8-3-13(4-21,5-22)12(23)14(8,24)1-2-20/h6-8,12,20-24H,1-5H2,(H2,15,16,17)/t8-,12-,14+/m1/s1. The van der Waals surface area contributed by atoms with E-state index in [1.807, 2.05) is 0 Å². The molecule has 10 nitrogen and oxygen atoms in total. The van der Waals surface area contributed by atoms with Gasteiger partial charge in [-0.15, -0.1) is 0 Å². The van der Waals surface area contributed by atoms with E-state index in [1.54, 1.807) is 4.57 Å². The first kappa shape index (κ1) is 17.0. The van der Waals surface area contributed by atoms with Crippen LogP contribution in [0.5, 0.6) is 0 Å². The monoisotopic (exact) mass is 339 g/mol. The van der Waals surface area contributed by atoms with Crippen LogP contribution in [0, 0.1) is 5.41 Å². The van der Waals surface area contributed by atoms with Gasteiger partial charge in [-0.2, -0.15) is 0 Å². The molecule has 0 aromatic carbocycles. The maximum atomic E-state index is 11.1. The molecule has 24 heavy (non-hydrogen) atoms. The minimum Gasteiger partial charge on any atom is -0.396 e. The molecule has 0 radical (unpaired) electrons. The van der Waals surface area contributed by atoms with Gasteiger partial charge in [-0.05, 0) is 6.42 Å². The quantitative estimate of drug-likeness (QED) is 0.353. The van der Waals surface area contributed by atoms with Crippen molar-refractivity contribution >= 4 is 17.0 Å². The summed E-state index contributed by atoms with van der Waals surface area (Å²) in [6, 6.07) is -0.766. The summed E-state index contributed by atoms with van der Waals surface area (Å²) in [7, 11) is 0. The van der Waals surface area contributed by atoms with Gasteiger partial charge >= 0.3 is 0 Å². The van der Waals surface area contributed by atoms with Crippen LogP contribution in [0.2, 0.25) is 0 Å². The molecule has 0 aliphatic heterocycles. The maximum Gasteiger partial charge on any atom is 0.165 e. The van der Waals surface area contributed by atoms with Gasteiger partial charge in [-0.3, -0.25) is 0 Å². The van der Waals surface area contributed by atoms with Crippen molar-refractivity contribution in [3.63, 3.8) is 0 Å². The molecule has 3 rings (SSSR count). The van der Waals surface area contributed by atoms with E-state index >= 15 is 0 Å². The van der Waals surface area contributed by atoms with Crippen molar-refractivity contribution in [3.05, 3.63) is 12.7 Å². The number of hydrogen-bond donors (Lipinski definition) is 6. The van der Waals surface area contributed by atoms with Crippen molar-refractivity contribution in [1.29, 1.82) is 0 Å². The largest absolute Gasteiger partial charge is 0.396 e. The first-order chi connectivity index (χ1) is 11.4. The van der Waals surface area contributed by atoms with E-state index in [4.69, 9.17) is 5.73 Å². The lowest BCUT2D eigenvalue weighted by Crippen LogP contribution is -2.51. The van der Waals surface area contributed by atoms with E-state index in [-0.39, 0.29) is 25.3 Å². The van der Waals surface area contributed by atoms with E-state index in [0.29, 0.717) is 11.2 Å². The number of nitrogens with two attached hydrogens (primary N) is 1. The van der Waals surface area contributed by atoms with Gasteiger partial charge in [0, 0.05) is 18.4 Å². The molecule has 1 aliphatic carbocycles. The fourth-order valence-corrected chi connectivity index (χ4v) is 3.66. The number of hydrogen-bond acceptors (Lipinski definition) is 9. The van der Waals surface area contributed by atoms with Crippen LogP contribution in [-0.2, 0) is 0 Å². The van der Waals surface area contributed by atoms with Crippen LogP contribution >= 0.6 is 0 Å². The smallest absolute Gasteiger partial charge is 0.165 e. The highest BCUT2D eigenvalue weighted by Crippen LogP contribution is 2.52. The van der Waals surface area contributed by atoms with E-state index in [0.717, 1.165) is 0 Å². The van der Waals surface area contributed by atoms with E-state index in [2.05, 4.69) is 15.0 Å². The van der Waals surface area contributed by atoms with Crippen molar-refractivity contribution < 1.29 is 25.5 Å². The molecule has 7 N–H and O–H groups in total. The van der Waals surface area contributed by atoms with Gasteiger partial charge in [0.15, 0.2) is 11.5 Å². The summed E-state index contributed by atoms with van der Waals surface area (Å²) in [5, 5.41) is 50.4. The Morgan fingerprint density at radius 3 is 2.54 bits per heavy atom. The summed E-state index contributed by atoms with van der Waals surface area (Å²) >= 11 is 0. The average Bonchev–Trinajstić information content (AvgIpc) is 3.09. The number of anilines is 1. The van der Waals surface area contributed by atoms with Crippen LogP contribution in [0.4, 0.5) is 5.82 Å². The van der Waals surface area contributed by atoms with Crippen molar-refractivity contribution in [3.8, 4) is 0 Å². The fraction of sp³-hybridized carbons (Fsp3) is 0.643. The lowest BCUT2D eigenvalue weighted by atomic mass is 9.82. The Labute approximate surface area is 137 Å². The second-order valence-electron chi connectivity index (χ2n) is 6.35. The maximum absolute atomic E-state index is 11.1. The van der Waals surface area contributed by atoms with Crippen LogP contribution in [0.15, 0.2) is 12.7 Å². The normalized spacial score (nSPS) is 29.4. The molecular weight excluding hydrogens is 318 g/mol. The molecule has 0 spiro atoms. The number of aliphatic hydroxyl groups is 5. The summed E-state index contributed by atoms with van der Waals surface area (Å²) in [5.74, 6) is 0.179. The molecule has 3 atom stereocenters. The summed E-state index contributed by atoms with van der Waals surface area (Å²) in [6.07, 6.45) is 1.18. The first-order valence-corrected chi connectivity index (χ1v) is 7.59. The number of nitrogen functional groups attached to an aromatic ring is 1. The van der Waals surface area contributed by atoms with Gasteiger partial charge in [0.25, 0.3) is 0 Å². The summed E-state index contributed by atoms with van der Waals surface area (Å²) < 4.78 is 1.54. The van der Waals surface area contributed by atoms with Gasteiger partial charge in [0.05, 0.1) is 31.7 Å². The third kappa shape index (κ3) is 2.19. The predicted molar refractivity (Wildman–Crippen MR) is 82.7 cm³/mol.